The van der Waals surface area contributed by atoms with Crippen molar-refractivity contribution in [3.05, 3.63) is 46.0 Å². The van der Waals surface area contributed by atoms with E-state index in [1.165, 1.54) is 4.90 Å². The third-order valence-electron chi connectivity index (χ3n) is 5.42. The van der Waals surface area contributed by atoms with Gasteiger partial charge in [-0.2, -0.15) is 5.10 Å². The smallest absolute Gasteiger partial charge is 0.256 e. The van der Waals surface area contributed by atoms with Crippen LogP contribution < -0.4 is 5.32 Å². The van der Waals surface area contributed by atoms with Gasteiger partial charge in [0, 0.05) is 31.1 Å². The number of hydrogen-bond donors (Lipinski definition) is 2. The number of aromatic amines is 1. The van der Waals surface area contributed by atoms with Gasteiger partial charge in [0.1, 0.15) is 11.6 Å². The average Bonchev–Trinajstić information content (AvgIpc) is 3.48. The summed E-state index contributed by atoms with van der Waals surface area (Å²) < 4.78 is 29.4. The monoisotopic (exact) mass is 421 g/mol. The van der Waals surface area contributed by atoms with Crippen LogP contribution in [0.2, 0.25) is 0 Å². The molecule has 0 radical (unpaired) electrons. The predicted octanol–water partition coefficient (Wildman–Crippen LogP) is 2.72. The van der Waals surface area contributed by atoms with E-state index in [2.05, 4.69) is 15.5 Å². The lowest BCUT2D eigenvalue weighted by molar-refractivity contribution is -0.126. The van der Waals surface area contributed by atoms with Crippen molar-refractivity contribution in [3.8, 4) is 0 Å². The van der Waals surface area contributed by atoms with Gasteiger partial charge in [-0.05, 0) is 50.0 Å². The van der Waals surface area contributed by atoms with Gasteiger partial charge in [-0.15, -0.1) is 0 Å². The molecule has 0 unspecified atom stereocenters. The number of rotatable bonds is 5. The van der Waals surface area contributed by atoms with Crippen molar-refractivity contribution < 1.29 is 18.4 Å². The third kappa shape index (κ3) is 4.21. The lowest BCUT2D eigenvalue weighted by Crippen LogP contribution is -2.43. The minimum atomic E-state index is -0.876. The largest absolute Gasteiger partial charge is 0.349 e. The Morgan fingerprint density at radius 2 is 1.93 bits per heavy atom. The van der Waals surface area contributed by atoms with Crippen LogP contribution in [0.1, 0.15) is 47.9 Å². The highest BCUT2D eigenvalue weighted by Crippen LogP contribution is 2.35. The van der Waals surface area contributed by atoms with Crippen molar-refractivity contribution in [3.63, 3.8) is 0 Å². The first-order valence-electron chi connectivity index (χ1n) is 9.62. The maximum absolute atomic E-state index is 13.8. The molecule has 1 aliphatic carbocycles. The lowest BCUT2D eigenvalue weighted by atomic mass is 9.95. The molecule has 0 bridgehead atoms. The number of likely N-dealkylation sites (tertiary alicyclic amines) is 1. The van der Waals surface area contributed by atoms with Crippen molar-refractivity contribution in [1.29, 1.82) is 0 Å². The summed E-state index contributed by atoms with van der Waals surface area (Å²) in [7, 11) is 0. The first-order chi connectivity index (χ1) is 13.9. The number of nitrogens with one attached hydrogen (secondary N) is 2. The zero-order valence-corrected chi connectivity index (χ0v) is 16.5. The summed E-state index contributed by atoms with van der Waals surface area (Å²) in [5.74, 6) is -1.70. The first kappa shape index (κ1) is 19.7. The molecule has 1 aliphatic heterocycles. The van der Waals surface area contributed by atoms with Gasteiger partial charge in [-0.1, -0.05) is 0 Å². The molecule has 1 saturated heterocycles. The molecule has 29 heavy (non-hydrogen) atoms. The number of benzene rings is 1. The van der Waals surface area contributed by atoms with Gasteiger partial charge in [-0.25, -0.2) is 8.78 Å². The maximum Gasteiger partial charge on any atom is 0.256 e. The summed E-state index contributed by atoms with van der Waals surface area (Å²) in [6, 6.07) is 3.28. The molecule has 10 heteroatoms. The van der Waals surface area contributed by atoms with Gasteiger partial charge >= 0.3 is 0 Å². The van der Waals surface area contributed by atoms with Crippen LogP contribution in [0.5, 0.6) is 0 Å². The maximum atomic E-state index is 13.8. The summed E-state index contributed by atoms with van der Waals surface area (Å²) in [4.78, 5) is 26.5. The summed E-state index contributed by atoms with van der Waals surface area (Å²) in [6.45, 7) is 0.978. The molecule has 2 aromatic rings. The number of H-pyrrole nitrogens is 1. The highest BCUT2D eigenvalue weighted by atomic mass is 32.1. The summed E-state index contributed by atoms with van der Waals surface area (Å²) in [5, 5.41) is 9.87. The third-order valence-corrected chi connectivity index (χ3v) is 5.71. The number of carbonyl (C=O) groups excluding carboxylic acids is 2. The molecule has 154 valence electrons. The van der Waals surface area contributed by atoms with Crippen LogP contribution in [0, 0.1) is 22.3 Å². The second-order valence-corrected chi connectivity index (χ2v) is 7.84. The van der Waals surface area contributed by atoms with E-state index in [4.69, 9.17) is 12.2 Å². The van der Waals surface area contributed by atoms with E-state index in [1.54, 1.807) is 0 Å². The highest BCUT2D eigenvalue weighted by Gasteiger charge is 2.30. The van der Waals surface area contributed by atoms with Crippen LogP contribution in [0.3, 0.4) is 0 Å². The second kappa shape index (κ2) is 8.02. The van der Waals surface area contributed by atoms with E-state index in [1.807, 2.05) is 4.57 Å². The Bertz CT molecular complexity index is 993. The fourth-order valence-electron chi connectivity index (χ4n) is 3.66. The molecule has 1 saturated carbocycles. The highest BCUT2D eigenvalue weighted by molar-refractivity contribution is 7.71. The molecule has 2 aliphatic rings. The van der Waals surface area contributed by atoms with Crippen molar-refractivity contribution >= 4 is 24.0 Å². The molecule has 2 fully saturated rings. The van der Waals surface area contributed by atoms with Crippen molar-refractivity contribution in [1.82, 2.24) is 25.0 Å². The van der Waals surface area contributed by atoms with Crippen molar-refractivity contribution in [2.75, 3.05) is 13.1 Å². The van der Waals surface area contributed by atoms with E-state index in [0.717, 1.165) is 25.0 Å². The molecular formula is C19H21F2N5O2S. The Morgan fingerprint density at radius 1 is 1.21 bits per heavy atom. The number of amides is 2. The molecule has 1 aromatic heterocycles. The molecule has 0 spiro atoms. The Balaban J connectivity index is 1.30. The van der Waals surface area contributed by atoms with Crippen LogP contribution in [0.25, 0.3) is 0 Å². The topological polar surface area (TPSA) is 83.0 Å². The SMILES string of the molecule is O=C(NCc1n[nH]c(=S)n1C1CC1)C1CCN(C(=O)c2ccc(F)cc2F)CC1. The van der Waals surface area contributed by atoms with E-state index >= 15 is 0 Å². The van der Waals surface area contributed by atoms with Gasteiger partial charge in [0.2, 0.25) is 5.91 Å². The molecular weight excluding hydrogens is 400 g/mol. The second-order valence-electron chi connectivity index (χ2n) is 7.45. The Hall–Kier alpha value is -2.62. The number of halogens is 2. The fourth-order valence-corrected chi connectivity index (χ4v) is 3.96. The van der Waals surface area contributed by atoms with Crippen LogP contribution in [0.4, 0.5) is 8.78 Å². The van der Waals surface area contributed by atoms with Crippen molar-refractivity contribution in [2.24, 2.45) is 5.92 Å². The molecule has 0 atom stereocenters. The van der Waals surface area contributed by atoms with Crippen LogP contribution >= 0.6 is 12.2 Å². The van der Waals surface area contributed by atoms with Crippen LogP contribution in [-0.2, 0) is 11.3 Å². The molecule has 2 N–H and O–H groups in total. The van der Waals surface area contributed by atoms with Crippen molar-refractivity contribution in [2.45, 2.75) is 38.3 Å². The molecule has 4 rings (SSSR count). The number of carbonyl (C=O) groups is 2. The van der Waals surface area contributed by atoms with E-state index in [0.29, 0.717) is 55.2 Å². The average molecular weight is 421 g/mol. The number of piperidine rings is 1. The standard InChI is InChI=1S/C19H21F2N5O2S/c20-12-1-4-14(15(21)9-12)18(28)25-7-5-11(6-8-25)17(27)22-10-16-23-24-19(29)26(16)13-2-3-13/h1,4,9,11,13H,2-3,5-8,10H2,(H,22,27)(H,24,29). The summed E-state index contributed by atoms with van der Waals surface area (Å²) in [6.07, 6.45) is 3.09. The van der Waals surface area contributed by atoms with Gasteiger partial charge in [0.05, 0.1) is 12.1 Å². The quantitative estimate of drug-likeness (QED) is 0.728. The molecule has 1 aromatic carbocycles. The van der Waals surface area contributed by atoms with Crippen LogP contribution in [-0.4, -0.2) is 44.6 Å². The van der Waals surface area contributed by atoms with Crippen LogP contribution in [0.15, 0.2) is 18.2 Å². The molecule has 2 amide bonds. The fraction of sp³-hybridized carbons (Fsp3) is 0.474. The predicted molar refractivity (Wildman–Crippen MR) is 103 cm³/mol. The summed E-state index contributed by atoms with van der Waals surface area (Å²) in [5.41, 5.74) is -0.155. The lowest BCUT2D eigenvalue weighted by Gasteiger charge is -2.31. The number of hydrogen-bond acceptors (Lipinski definition) is 4. The van der Waals surface area contributed by atoms with E-state index < -0.39 is 17.5 Å². The number of nitrogens with zero attached hydrogens (tertiary/aromatic N) is 3. The van der Waals surface area contributed by atoms with Gasteiger partial charge in [0.25, 0.3) is 5.91 Å². The van der Waals surface area contributed by atoms with Gasteiger partial charge < -0.3 is 10.2 Å². The molecule has 2 heterocycles. The summed E-state index contributed by atoms with van der Waals surface area (Å²) >= 11 is 5.24. The van der Waals surface area contributed by atoms with E-state index in [9.17, 15) is 18.4 Å². The molecule has 7 nitrogen and oxygen atoms in total. The Kier molecular flexibility index (Phi) is 5.44. The Morgan fingerprint density at radius 3 is 2.59 bits per heavy atom. The zero-order chi connectivity index (χ0) is 20.5. The first-order valence-corrected chi connectivity index (χ1v) is 10.0. The van der Waals surface area contributed by atoms with Gasteiger partial charge in [0.15, 0.2) is 10.6 Å². The van der Waals surface area contributed by atoms with Gasteiger partial charge in [-0.3, -0.25) is 19.3 Å². The minimum Gasteiger partial charge on any atom is -0.349 e. The minimum absolute atomic E-state index is 0.0960. The number of aromatic nitrogens is 3. The normalized spacial score (nSPS) is 17.4. The Labute approximate surface area is 171 Å². The van der Waals surface area contributed by atoms with E-state index in [-0.39, 0.29) is 17.4 Å². The zero-order valence-electron chi connectivity index (χ0n) is 15.7.